The molecular weight excluding hydrogens is 1870 g/mol. The molecule has 0 radical (unpaired) electrons. The van der Waals surface area contributed by atoms with Crippen molar-refractivity contribution in [3.05, 3.63) is 12.2 Å². The van der Waals surface area contributed by atoms with Crippen LogP contribution in [0.25, 0.3) is 0 Å². The second-order valence-electron chi connectivity index (χ2n) is 52.9. The minimum absolute atomic E-state index is 0. The van der Waals surface area contributed by atoms with Gasteiger partial charge >= 0.3 is 0 Å². The first-order valence-corrected chi connectivity index (χ1v) is 55.6. The Balaban J connectivity index is -0.000000286. The third kappa shape index (κ3) is 96.1. The van der Waals surface area contributed by atoms with Crippen molar-refractivity contribution >= 4 is 30.5 Å². The molecule has 0 unspecified atom stereocenters. The smallest absolute Gasteiger partial charge is 0.171 e. The first kappa shape index (κ1) is 152. The van der Waals surface area contributed by atoms with E-state index in [0.29, 0.717) is 50.8 Å². The molecule has 0 aromatic carbocycles. The van der Waals surface area contributed by atoms with Gasteiger partial charge in [-0.05, 0) is 367 Å². The van der Waals surface area contributed by atoms with Crippen molar-refractivity contribution in [1.82, 2.24) is 9.80 Å². The fraction of sp³-hybridized carbons (Fsp3) is 0.790. The number of morpholine rings is 1. The Morgan fingerprint density at radius 1 is 0.297 bits per heavy atom. The number of rotatable bonds is 2. The second-order valence-corrected chi connectivity index (χ2v) is 58.7. The Kier molecular flexibility index (Phi) is 66.5. The number of hydrogen-bond donors (Lipinski definition) is 8. The number of sulfone groups is 2. The van der Waals surface area contributed by atoms with Gasteiger partial charge in [0.2, 0.25) is 0 Å². The fourth-order valence-corrected chi connectivity index (χ4v) is 15.1. The van der Waals surface area contributed by atoms with Crippen molar-refractivity contribution < 1.29 is 76.1 Å². The molecule has 834 valence electrons. The summed E-state index contributed by atoms with van der Waals surface area (Å²) in [5.41, 5.74) is -6.01. The number of nitrogens with zero attached hydrogens (tertiary/aromatic N) is 2. The molecule has 0 atom stereocenters. The molecule has 18 nitrogen and oxygen atoms in total. The van der Waals surface area contributed by atoms with E-state index in [9.17, 15) is 61.9 Å². The van der Waals surface area contributed by atoms with Gasteiger partial charge < -0.3 is 55.1 Å². The highest BCUT2D eigenvalue weighted by Crippen LogP contribution is 2.33. The topological polar surface area (TPSA) is 281 Å². The highest BCUT2D eigenvalue weighted by Gasteiger charge is 2.46. The van der Waals surface area contributed by atoms with Crippen LogP contribution in [-0.2, 0) is 44.7 Å². The van der Waals surface area contributed by atoms with Crippen LogP contribution < -0.4 is 0 Å². The molecule has 0 bridgehead atoms. The molecule has 8 N–H and O–H groups in total. The first-order chi connectivity index (χ1) is 62.7. The van der Waals surface area contributed by atoms with Crippen molar-refractivity contribution in [3.63, 3.8) is 0 Å². The molecule has 2 saturated carbocycles. The van der Waals surface area contributed by atoms with Crippen LogP contribution in [0.2, 0.25) is 0 Å². The Morgan fingerprint density at radius 3 is 0.779 bits per heavy atom. The molecule has 145 heavy (non-hydrogen) atoms. The zero-order chi connectivity index (χ0) is 111. The molecule has 7 saturated heterocycles. The maximum atomic E-state index is 11.2. The molecule has 0 amide bonds. The summed E-state index contributed by atoms with van der Waals surface area (Å²) in [6.45, 7) is 99.2. The van der Waals surface area contributed by atoms with Crippen LogP contribution in [-0.4, -0.2) is 230 Å². The highest BCUT2D eigenvalue weighted by molar-refractivity contribution is 7.93. The van der Waals surface area contributed by atoms with E-state index in [0.717, 1.165) is 89.9 Å². The van der Waals surface area contributed by atoms with E-state index in [-0.39, 0.29) is 136 Å². The lowest BCUT2D eigenvalue weighted by molar-refractivity contribution is -0.141. The fourth-order valence-electron chi connectivity index (χ4n) is 10.9. The van der Waals surface area contributed by atoms with Gasteiger partial charge in [-0.25, -0.2) is 16.8 Å². The average Bonchev–Trinajstić information content (AvgIpc) is 0.907. The van der Waals surface area contributed by atoms with E-state index >= 15 is 0 Å². The molecular formula is C124H214N2O16S3. The van der Waals surface area contributed by atoms with E-state index in [1.165, 1.54) is 25.9 Å². The van der Waals surface area contributed by atoms with E-state index in [2.05, 4.69) is 304 Å². The summed E-state index contributed by atoms with van der Waals surface area (Å²) in [6.07, 6.45) is 11.2. The number of aliphatic hydroxyl groups is 8. The molecule has 9 fully saturated rings. The Bertz CT molecular complexity index is 4790. The van der Waals surface area contributed by atoms with Crippen LogP contribution >= 0.6 is 0 Å². The lowest BCUT2D eigenvalue weighted by atomic mass is 9.80. The van der Waals surface area contributed by atoms with Gasteiger partial charge in [-0.3, -0.25) is 14.0 Å². The van der Waals surface area contributed by atoms with Crippen LogP contribution in [0.1, 0.15) is 404 Å². The van der Waals surface area contributed by atoms with Crippen molar-refractivity contribution in [2.24, 2.45) is 70.4 Å². The van der Waals surface area contributed by atoms with Gasteiger partial charge in [0.15, 0.2) is 30.9 Å². The Labute approximate surface area is 897 Å². The van der Waals surface area contributed by atoms with Gasteiger partial charge in [0, 0.05) is 120 Å². The number of allylic oxidation sites excluding steroid dienone is 1. The summed E-state index contributed by atoms with van der Waals surface area (Å²) in [5.74, 6) is 72.3. The summed E-state index contributed by atoms with van der Waals surface area (Å²) in [7, 11) is -6.79. The predicted molar refractivity (Wildman–Crippen MR) is 619 cm³/mol. The molecule has 2 aliphatic carbocycles. The van der Waals surface area contributed by atoms with Crippen molar-refractivity contribution in [2.75, 3.05) is 113 Å². The molecule has 9 aliphatic rings. The van der Waals surface area contributed by atoms with Crippen LogP contribution in [0.3, 0.4) is 0 Å². The zero-order valence-electron chi connectivity index (χ0n) is 96.6. The van der Waals surface area contributed by atoms with Gasteiger partial charge in [0.05, 0.1) is 87.2 Å². The van der Waals surface area contributed by atoms with Crippen molar-refractivity contribution in [1.29, 1.82) is 0 Å². The van der Waals surface area contributed by atoms with Gasteiger partial charge in [0.25, 0.3) is 0 Å². The molecule has 7 heterocycles. The maximum absolute atomic E-state index is 11.2. The van der Waals surface area contributed by atoms with Crippen LogP contribution in [0.15, 0.2) is 12.2 Å². The van der Waals surface area contributed by atoms with Crippen LogP contribution in [0, 0.1) is 212 Å². The molecule has 21 heteroatoms. The SMILES string of the molecule is C.C.C.C.C=C(C)C#CC(C)(C)C.CC(C)(C)C#CC(C)(C)C.CC(C)(C)C#CC(C)(C)O.CC(C)(C)C#CC1(O)CCC1.CC(C)(C)C#CC1(O)CCCC1.CC(C)(C)C#CC1(O)CCOCC1.CC(C)(C)C#CC1(O)CCS(=O)(=O)CC1.CC(C)(C)C#CC1(O)COC1.CC(C)(C)C#CC1(O)CS(=O)(=O)C1.CC(C)(C)C#CC1(O)CS(=O)C1.CC(C)(C)C#CCN1CCCC1.CC(C)(C)C#CCN1CCOCC1. The van der Waals surface area contributed by atoms with Crippen LogP contribution in [0.4, 0.5) is 0 Å². The molecule has 0 spiro atoms. The minimum atomic E-state index is -3.01. The first-order valence-electron chi connectivity index (χ1n) is 50.5. The third-order valence-corrected chi connectivity index (χ3v) is 23.8. The van der Waals surface area contributed by atoms with Gasteiger partial charge in [-0.2, -0.15) is 0 Å². The summed E-state index contributed by atoms with van der Waals surface area (Å²) < 4.78 is 70.0. The molecule has 0 aromatic heterocycles. The average molecular weight is 2090 g/mol. The summed E-state index contributed by atoms with van der Waals surface area (Å²) in [5, 5.41) is 77.3. The lowest BCUT2D eigenvalue weighted by Crippen LogP contribution is -2.53. The number of hydrogen-bond acceptors (Lipinski definition) is 18. The largest absolute Gasteiger partial charge is 0.381 e. The molecule has 7 aliphatic heterocycles. The Hall–Kier alpha value is -6.01. The summed E-state index contributed by atoms with van der Waals surface area (Å²) in [4.78, 5) is 4.76. The van der Waals surface area contributed by atoms with Gasteiger partial charge in [-0.1, -0.05) is 178 Å². The molecule has 9 rings (SSSR count). The third-order valence-electron chi connectivity index (χ3n) is 18.7. The monoisotopic (exact) mass is 2080 g/mol. The van der Waals surface area contributed by atoms with E-state index in [1.54, 1.807) is 13.8 Å². The van der Waals surface area contributed by atoms with Crippen molar-refractivity contribution in [2.45, 2.75) is 449 Å². The van der Waals surface area contributed by atoms with Gasteiger partial charge in [0.1, 0.15) is 33.6 Å². The van der Waals surface area contributed by atoms with E-state index < -0.39 is 75.3 Å². The summed E-state index contributed by atoms with van der Waals surface area (Å²) in [6, 6.07) is 0. The van der Waals surface area contributed by atoms with Crippen molar-refractivity contribution in [3.8, 4) is 142 Å². The Morgan fingerprint density at radius 2 is 0.545 bits per heavy atom. The maximum Gasteiger partial charge on any atom is 0.171 e. The van der Waals surface area contributed by atoms with Gasteiger partial charge in [-0.15, -0.1) is 0 Å². The van der Waals surface area contributed by atoms with E-state index in [1.807, 2.05) is 132 Å². The summed E-state index contributed by atoms with van der Waals surface area (Å²) >= 11 is 0. The quantitative estimate of drug-likeness (QED) is 0.119. The van der Waals surface area contributed by atoms with Crippen LogP contribution in [0.5, 0.6) is 0 Å². The second kappa shape index (κ2) is 63.5. The van der Waals surface area contributed by atoms with E-state index in [4.69, 9.17) is 14.2 Å². The molecule has 0 aromatic rings. The zero-order valence-corrected chi connectivity index (χ0v) is 99.0. The highest BCUT2D eigenvalue weighted by atomic mass is 32.2. The number of likely N-dealkylation sites (tertiary alicyclic amines) is 1. The normalized spacial score (nSPS) is 20.1. The minimum Gasteiger partial charge on any atom is -0.381 e. The predicted octanol–water partition coefficient (Wildman–Crippen LogP) is 21.9. The number of ether oxygens (including phenoxy) is 3. The standard InChI is InChI=1S/C11H19NO.C11H19N.C11H18O3S.C11H18O2.C11H18O.C10H16O.C10H18.C9H14O3S.C9H14O2S.C9H14O2.C9H16O.C9H14.4CH4/c1-11(2,3)5-4-6-12-7-9-13-10-8-12;1-11(2,3)7-6-10-12-8-4-5-9-12;1-10(2,3)4-5-11(12)6-8-15(13,14)9-7-11;1-10(2,3)4-5-11(12)6-8-13-9-7-11;1-10(2,3)8-9-11(12)6-4-5-7-11;1-9(2,3)7-8-10(11)5-4-6-10;1-9(2,3)7-8-10(4,5)6;1-8(2,3)4-5-9(10)6-13(11,12)7-9;1-8(2,3)4-5-9(10)6-12(11)7-9;1-8(2,3)4-5-9(10)6-11-7-9;1-8(2,3)6-7-9(4,5)10;1-8(2)6-7-9(3,4)5;;;;/h6-10H2,1-3H3;4-5,8-10H2,1-3H3;12H,6-9H2,1-3H3;12H,6-9H2,1-3H3;12H,4-7H2,1-3H3;11H,4-6H2,1-3H3;1-6H3;10H,6-7H2,1-3H3;10H,6-7H2,1-3H3;10H,6-7H2,1-3H3;10H,1-5H3;1H2,2-5H3;4*1H4. The lowest BCUT2D eigenvalue weighted by Gasteiger charge is -2.31.